The Balaban J connectivity index is 1.89. The van der Waals surface area contributed by atoms with Gasteiger partial charge in [0.05, 0.1) is 5.56 Å². The Labute approximate surface area is 145 Å². The molecule has 0 atom stereocenters. The third kappa shape index (κ3) is 5.20. The van der Waals surface area contributed by atoms with Crippen molar-refractivity contribution in [3.63, 3.8) is 0 Å². The molecule has 132 valence electrons. The van der Waals surface area contributed by atoms with Crippen molar-refractivity contribution in [1.82, 2.24) is 15.8 Å². The van der Waals surface area contributed by atoms with Gasteiger partial charge in [0.15, 0.2) is 6.61 Å². The summed E-state index contributed by atoms with van der Waals surface area (Å²) in [6, 6.07) is 8.43. The Morgan fingerprint density at radius 3 is 2.56 bits per heavy atom. The van der Waals surface area contributed by atoms with Crippen molar-refractivity contribution < 1.29 is 14.3 Å². The second kappa shape index (κ2) is 8.14. The first-order chi connectivity index (χ1) is 11.9. The minimum Gasteiger partial charge on any atom is -0.483 e. The highest BCUT2D eigenvalue weighted by Crippen LogP contribution is 2.27. The van der Waals surface area contributed by atoms with E-state index < -0.39 is 11.8 Å². The Morgan fingerprint density at radius 2 is 1.92 bits per heavy atom. The van der Waals surface area contributed by atoms with Crippen LogP contribution in [0.3, 0.4) is 0 Å². The highest BCUT2D eigenvalue weighted by atomic mass is 16.5. The number of pyridine rings is 1. The third-order valence-electron chi connectivity index (χ3n) is 3.51. The monoisotopic (exact) mass is 343 g/mol. The van der Waals surface area contributed by atoms with Crippen molar-refractivity contribution in [2.24, 2.45) is 0 Å². The van der Waals surface area contributed by atoms with Gasteiger partial charge < -0.3 is 9.72 Å². The van der Waals surface area contributed by atoms with Crippen molar-refractivity contribution in [1.29, 1.82) is 0 Å². The lowest BCUT2D eigenvalue weighted by molar-refractivity contribution is -0.123. The maximum Gasteiger partial charge on any atom is 0.276 e. The fraction of sp³-hybridized carbons (Fsp3) is 0.278. The molecule has 0 unspecified atom stereocenters. The van der Waals surface area contributed by atoms with Crippen LogP contribution in [0.15, 0.2) is 41.3 Å². The van der Waals surface area contributed by atoms with Gasteiger partial charge in [-0.3, -0.25) is 25.2 Å². The lowest BCUT2D eigenvalue weighted by Crippen LogP contribution is -2.44. The summed E-state index contributed by atoms with van der Waals surface area (Å²) in [4.78, 5) is 37.0. The minimum absolute atomic E-state index is 0.224. The molecule has 2 rings (SSSR count). The second-order valence-corrected chi connectivity index (χ2v) is 5.93. The molecular formula is C18H21N3O4. The first kappa shape index (κ1) is 18.3. The molecule has 0 saturated heterocycles. The summed E-state index contributed by atoms with van der Waals surface area (Å²) >= 11 is 0. The molecule has 0 saturated carbocycles. The molecule has 2 amide bonds. The molecular weight excluding hydrogens is 322 g/mol. The first-order valence-electron chi connectivity index (χ1n) is 7.88. The molecule has 0 fully saturated rings. The van der Waals surface area contributed by atoms with Gasteiger partial charge in [-0.15, -0.1) is 0 Å². The molecule has 0 radical (unpaired) electrons. The smallest absolute Gasteiger partial charge is 0.276 e. The lowest BCUT2D eigenvalue weighted by Gasteiger charge is -2.15. The molecule has 7 heteroatoms. The van der Waals surface area contributed by atoms with Crippen LogP contribution in [0.4, 0.5) is 0 Å². The van der Waals surface area contributed by atoms with Crippen LogP contribution in [0.2, 0.25) is 0 Å². The molecule has 7 nitrogen and oxygen atoms in total. The largest absolute Gasteiger partial charge is 0.483 e. The van der Waals surface area contributed by atoms with E-state index in [2.05, 4.69) is 15.8 Å². The van der Waals surface area contributed by atoms with Crippen molar-refractivity contribution >= 4 is 11.8 Å². The fourth-order valence-corrected chi connectivity index (χ4v) is 2.17. The number of amides is 2. The van der Waals surface area contributed by atoms with Crippen LogP contribution >= 0.6 is 0 Å². The van der Waals surface area contributed by atoms with E-state index in [1.165, 1.54) is 18.3 Å². The van der Waals surface area contributed by atoms with Gasteiger partial charge in [0.2, 0.25) is 5.56 Å². The van der Waals surface area contributed by atoms with E-state index in [-0.39, 0.29) is 23.6 Å². The molecule has 25 heavy (non-hydrogen) atoms. The van der Waals surface area contributed by atoms with Crippen molar-refractivity contribution in [3.05, 3.63) is 63.6 Å². The van der Waals surface area contributed by atoms with Gasteiger partial charge in [-0.1, -0.05) is 26.0 Å². The predicted octanol–water partition coefficient (Wildman–Crippen LogP) is 1.65. The Bertz CT molecular complexity index is 807. The van der Waals surface area contributed by atoms with Crippen LogP contribution in [-0.4, -0.2) is 23.4 Å². The average Bonchev–Trinajstić information content (AvgIpc) is 2.58. The van der Waals surface area contributed by atoms with Gasteiger partial charge in [0.1, 0.15) is 5.75 Å². The lowest BCUT2D eigenvalue weighted by atomic mass is 10.0. The van der Waals surface area contributed by atoms with Crippen LogP contribution in [0.1, 0.15) is 41.3 Å². The zero-order chi connectivity index (χ0) is 18.4. The molecule has 2 aromatic rings. The first-order valence-corrected chi connectivity index (χ1v) is 7.88. The molecule has 1 aromatic heterocycles. The molecule has 0 aliphatic rings. The van der Waals surface area contributed by atoms with Gasteiger partial charge >= 0.3 is 0 Å². The van der Waals surface area contributed by atoms with Crippen LogP contribution in [0.25, 0.3) is 0 Å². The third-order valence-corrected chi connectivity index (χ3v) is 3.51. The van der Waals surface area contributed by atoms with Crippen LogP contribution in [-0.2, 0) is 4.79 Å². The summed E-state index contributed by atoms with van der Waals surface area (Å²) in [5, 5.41) is 0. The number of hydrogen-bond acceptors (Lipinski definition) is 4. The zero-order valence-electron chi connectivity index (χ0n) is 14.4. The van der Waals surface area contributed by atoms with Gasteiger partial charge in [0.25, 0.3) is 11.8 Å². The minimum atomic E-state index is -0.539. The molecule has 0 spiro atoms. The van der Waals surface area contributed by atoms with E-state index in [4.69, 9.17) is 4.74 Å². The van der Waals surface area contributed by atoms with Gasteiger partial charge in [-0.25, -0.2) is 0 Å². The number of aromatic amines is 1. The Kier molecular flexibility index (Phi) is 5.94. The Hall–Kier alpha value is -3.09. The summed E-state index contributed by atoms with van der Waals surface area (Å²) in [7, 11) is 0. The number of H-pyrrole nitrogens is 1. The van der Waals surface area contributed by atoms with E-state index in [9.17, 15) is 14.4 Å². The molecule has 0 aliphatic carbocycles. The number of benzene rings is 1. The van der Waals surface area contributed by atoms with E-state index in [0.717, 1.165) is 11.1 Å². The SMILES string of the molecule is Cc1ccc(C(C)C)c(OCC(=O)NNC(=O)c2ccc(=O)[nH]c2)c1. The van der Waals surface area contributed by atoms with Crippen LogP contribution in [0, 0.1) is 6.92 Å². The topological polar surface area (TPSA) is 100 Å². The standard InChI is InChI=1S/C18H21N3O4/c1-11(2)14-6-4-12(3)8-15(14)25-10-17(23)20-21-18(24)13-5-7-16(22)19-9-13/h4-9,11H,10H2,1-3H3,(H,19,22)(H,20,23)(H,21,24). The Morgan fingerprint density at radius 1 is 1.16 bits per heavy atom. The number of nitrogens with one attached hydrogen (secondary N) is 3. The second-order valence-electron chi connectivity index (χ2n) is 5.93. The van der Waals surface area contributed by atoms with E-state index >= 15 is 0 Å². The highest BCUT2D eigenvalue weighted by Gasteiger charge is 2.11. The number of aryl methyl sites for hydroxylation is 1. The van der Waals surface area contributed by atoms with Crippen molar-refractivity contribution in [2.45, 2.75) is 26.7 Å². The van der Waals surface area contributed by atoms with Gasteiger partial charge in [-0.05, 0) is 36.1 Å². The van der Waals surface area contributed by atoms with Crippen molar-refractivity contribution in [2.75, 3.05) is 6.61 Å². The molecule has 0 aliphatic heterocycles. The number of hydrogen-bond donors (Lipinski definition) is 3. The summed E-state index contributed by atoms with van der Waals surface area (Å²) in [5.41, 5.74) is 6.49. The van der Waals surface area contributed by atoms with Crippen LogP contribution in [0.5, 0.6) is 5.75 Å². The van der Waals surface area contributed by atoms with Crippen molar-refractivity contribution in [3.8, 4) is 5.75 Å². The summed E-state index contributed by atoms with van der Waals surface area (Å²) < 4.78 is 5.58. The normalized spacial score (nSPS) is 10.4. The molecule has 0 bridgehead atoms. The molecule has 3 N–H and O–H groups in total. The number of ether oxygens (including phenoxy) is 1. The number of carbonyl (C=O) groups excluding carboxylic acids is 2. The average molecular weight is 343 g/mol. The molecule has 1 heterocycles. The van der Waals surface area contributed by atoms with Crippen LogP contribution < -0.4 is 21.1 Å². The van der Waals surface area contributed by atoms with Gasteiger partial charge in [0, 0.05) is 12.3 Å². The maximum atomic E-state index is 11.9. The van der Waals surface area contributed by atoms with E-state index in [1.807, 2.05) is 39.0 Å². The van der Waals surface area contributed by atoms with Gasteiger partial charge in [-0.2, -0.15) is 0 Å². The fourth-order valence-electron chi connectivity index (χ4n) is 2.17. The van der Waals surface area contributed by atoms with E-state index in [0.29, 0.717) is 5.75 Å². The van der Waals surface area contributed by atoms with E-state index in [1.54, 1.807) is 0 Å². The highest BCUT2D eigenvalue weighted by molar-refractivity contribution is 5.95. The molecule has 1 aromatic carbocycles. The number of carbonyl (C=O) groups is 2. The zero-order valence-corrected chi connectivity index (χ0v) is 14.4. The number of rotatable bonds is 5. The summed E-state index contributed by atoms with van der Waals surface area (Å²) in [6.07, 6.45) is 1.27. The summed E-state index contributed by atoms with van der Waals surface area (Å²) in [6.45, 7) is 5.81. The predicted molar refractivity (Wildman–Crippen MR) is 93.4 cm³/mol. The maximum absolute atomic E-state index is 11.9. The quantitative estimate of drug-likeness (QED) is 0.719. The summed E-state index contributed by atoms with van der Waals surface area (Å²) in [5.74, 6) is -0.118. The number of aromatic nitrogens is 1. The number of hydrazine groups is 1.